The second kappa shape index (κ2) is 6.23. The Bertz CT molecular complexity index is 300. The summed E-state index contributed by atoms with van der Waals surface area (Å²) in [6.07, 6.45) is 2.61. The zero-order valence-electron chi connectivity index (χ0n) is 8.94. The third-order valence-corrected chi connectivity index (χ3v) is 3.38. The van der Waals surface area contributed by atoms with E-state index in [-0.39, 0.29) is 11.9 Å². The van der Waals surface area contributed by atoms with Crippen molar-refractivity contribution in [3.05, 3.63) is 16.6 Å². The second-order valence-electron chi connectivity index (χ2n) is 3.50. The minimum atomic E-state index is 0.0912. The Morgan fingerprint density at radius 2 is 2.40 bits per heavy atom. The van der Waals surface area contributed by atoms with E-state index in [9.17, 15) is 4.79 Å². The molecule has 1 aromatic rings. The van der Waals surface area contributed by atoms with Crippen LogP contribution < -0.4 is 0 Å². The predicted octanol–water partition coefficient (Wildman–Crippen LogP) is 2.78. The molecule has 0 atom stereocenters. The summed E-state index contributed by atoms with van der Waals surface area (Å²) in [7, 11) is 0. The van der Waals surface area contributed by atoms with Crippen LogP contribution in [-0.4, -0.2) is 33.7 Å². The smallest absolute Gasteiger partial charge is 0.265 e. The van der Waals surface area contributed by atoms with Crippen molar-refractivity contribution in [2.45, 2.75) is 26.3 Å². The first-order valence-corrected chi connectivity index (χ1v) is 6.92. The van der Waals surface area contributed by atoms with Crippen molar-refractivity contribution in [2.24, 2.45) is 0 Å². The van der Waals surface area contributed by atoms with Crippen LogP contribution in [0.4, 0.5) is 0 Å². The summed E-state index contributed by atoms with van der Waals surface area (Å²) in [5.41, 5.74) is 1.69. The molecule has 0 spiro atoms. The fourth-order valence-electron chi connectivity index (χ4n) is 1.29. The van der Waals surface area contributed by atoms with Crippen LogP contribution in [-0.2, 0) is 0 Å². The lowest BCUT2D eigenvalue weighted by Crippen LogP contribution is -2.37. The summed E-state index contributed by atoms with van der Waals surface area (Å²) in [5, 5.41) is 0.923. The lowest BCUT2D eigenvalue weighted by molar-refractivity contribution is 0.0711. The van der Waals surface area contributed by atoms with Crippen molar-refractivity contribution in [1.82, 2.24) is 9.88 Å². The zero-order chi connectivity index (χ0) is 11.3. The number of halogens is 1. The molecule has 0 aromatic carbocycles. The number of carbonyl (C=O) groups excluding carboxylic acids is 1. The van der Waals surface area contributed by atoms with Crippen LogP contribution in [0.1, 0.15) is 29.9 Å². The van der Waals surface area contributed by atoms with Gasteiger partial charge in [0.1, 0.15) is 4.88 Å². The van der Waals surface area contributed by atoms with Crippen LogP contribution in [0, 0.1) is 0 Å². The van der Waals surface area contributed by atoms with Gasteiger partial charge in [0, 0.05) is 17.9 Å². The van der Waals surface area contributed by atoms with E-state index in [4.69, 9.17) is 0 Å². The van der Waals surface area contributed by atoms with Gasteiger partial charge >= 0.3 is 0 Å². The normalized spacial score (nSPS) is 10.7. The summed E-state index contributed by atoms with van der Waals surface area (Å²) in [5.74, 6) is 0.0912. The summed E-state index contributed by atoms with van der Waals surface area (Å²) in [6, 6.07) is 0.235. The Balaban J connectivity index is 2.67. The molecule has 15 heavy (non-hydrogen) atoms. The van der Waals surface area contributed by atoms with Crippen LogP contribution >= 0.6 is 27.3 Å². The summed E-state index contributed by atoms with van der Waals surface area (Å²) in [4.78, 5) is 18.6. The SMILES string of the molecule is CC(C)N(CCCBr)C(=O)c1cncs1. The van der Waals surface area contributed by atoms with Crippen LogP contribution in [0.2, 0.25) is 0 Å². The van der Waals surface area contributed by atoms with Crippen molar-refractivity contribution in [2.75, 3.05) is 11.9 Å². The van der Waals surface area contributed by atoms with E-state index in [1.54, 1.807) is 11.7 Å². The molecule has 5 heteroatoms. The minimum absolute atomic E-state index is 0.0912. The van der Waals surface area contributed by atoms with E-state index in [1.807, 2.05) is 18.7 Å². The molecular weight excluding hydrogens is 276 g/mol. The zero-order valence-corrected chi connectivity index (χ0v) is 11.3. The van der Waals surface area contributed by atoms with Gasteiger partial charge in [0.2, 0.25) is 0 Å². The number of hydrogen-bond donors (Lipinski definition) is 0. The molecule has 84 valence electrons. The highest BCUT2D eigenvalue weighted by molar-refractivity contribution is 9.09. The molecule has 0 saturated heterocycles. The van der Waals surface area contributed by atoms with Crippen LogP contribution in [0.15, 0.2) is 11.7 Å². The molecule has 0 aliphatic carbocycles. The highest BCUT2D eigenvalue weighted by Crippen LogP contribution is 2.12. The van der Waals surface area contributed by atoms with Gasteiger partial charge in [-0.2, -0.15) is 0 Å². The number of carbonyl (C=O) groups is 1. The van der Waals surface area contributed by atoms with Crippen LogP contribution in [0.25, 0.3) is 0 Å². The Hall–Kier alpha value is -0.420. The molecule has 0 aliphatic heterocycles. The van der Waals surface area contributed by atoms with Gasteiger partial charge in [0.15, 0.2) is 0 Å². The van der Waals surface area contributed by atoms with Gasteiger partial charge in [-0.1, -0.05) is 15.9 Å². The lowest BCUT2D eigenvalue weighted by Gasteiger charge is -2.25. The largest absolute Gasteiger partial charge is 0.335 e. The molecule has 0 aliphatic rings. The molecule has 0 bridgehead atoms. The van der Waals surface area contributed by atoms with E-state index in [0.29, 0.717) is 0 Å². The average Bonchev–Trinajstić information content (AvgIpc) is 2.70. The van der Waals surface area contributed by atoms with Crippen LogP contribution in [0.3, 0.4) is 0 Å². The molecule has 0 N–H and O–H groups in total. The monoisotopic (exact) mass is 290 g/mol. The van der Waals surface area contributed by atoms with E-state index in [1.165, 1.54) is 11.3 Å². The molecule has 0 unspecified atom stereocenters. The number of rotatable bonds is 5. The van der Waals surface area contributed by atoms with E-state index in [0.717, 1.165) is 23.2 Å². The maximum absolute atomic E-state index is 12.0. The lowest BCUT2D eigenvalue weighted by atomic mass is 10.2. The van der Waals surface area contributed by atoms with Crippen LogP contribution in [0.5, 0.6) is 0 Å². The van der Waals surface area contributed by atoms with Crippen molar-refractivity contribution in [3.63, 3.8) is 0 Å². The van der Waals surface area contributed by atoms with Crippen molar-refractivity contribution < 1.29 is 4.79 Å². The number of thiazole rings is 1. The molecule has 1 aromatic heterocycles. The van der Waals surface area contributed by atoms with Crippen molar-refractivity contribution in [1.29, 1.82) is 0 Å². The van der Waals surface area contributed by atoms with Gasteiger partial charge in [-0.3, -0.25) is 9.78 Å². The maximum Gasteiger partial charge on any atom is 0.265 e. The summed E-state index contributed by atoms with van der Waals surface area (Å²) < 4.78 is 0. The number of alkyl halides is 1. The van der Waals surface area contributed by atoms with Crippen molar-refractivity contribution >= 4 is 33.2 Å². The van der Waals surface area contributed by atoms with E-state index >= 15 is 0 Å². The van der Waals surface area contributed by atoms with Gasteiger partial charge in [-0.25, -0.2) is 0 Å². The Morgan fingerprint density at radius 3 is 2.87 bits per heavy atom. The van der Waals surface area contributed by atoms with Gasteiger partial charge < -0.3 is 4.90 Å². The fourth-order valence-corrected chi connectivity index (χ4v) is 2.11. The summed E-state index contributed by atoms with van der Waals surface area (Å²) in [6.45, 7) is 4.86. The Morgan fingerprint density at radius 1 is 1.67 bits per heavy atom. The molecular formula is C10H15BrN2OS. The van der Waals surface area contributed by atoms with E-state index < -0.39 is 0 Å². The number of nitrogens with zero attached hydrogens (tertiary/aromatic N) is 2. The third-order valence-electron chi connectivity index (χ3n) is 2.06. The Labute approximate surface area is 103 Å². The highest BCUT2D eigenvalue weighted by atomic mass is 79.9. The Kier molecular flexibility index (Phi) is 5.25. The number of aromatic nitrogens is 1. The molecule has 1 rings (SSSR count). The number of hydrogen-bond acceptors (Lipinski definition) is 3. The third kappa shape index (κ3) is 3.57. The first-order valence-electron chi connectivity index (χ1n) is 4.92. The van der Waals surface area contributed by atoms with Crippen molar-refractivity contribution in [3.8, 4) is 0 Å². The maximum atomic E-state index is 12.0. The minimum Gasteiger partial charge on any atom is -0.335 e. The molecule has 0 radical (unpaired) electrons. The van der Waals surface area contributed by atoms with Gasteiger partial charge in [-0.15, -0.1) is 11.3 Å². The topological polar surface area (TPSA) is 33.2 Å². The van der Waals surface area contributed by atoms with Gasteiger partial charge in [0.25, 0.3) is 5.91 Å². The molecule has 0 fully saturated rings. The quantitative estimate of drug-likeness (QED) is 0.782. The predicted molar refractivity (Wildman–Crippen MR) is 66.7 cm³/mol. The molecule has 1 amide bonds. The second-order valence-corrected chi connectivity index (χ2v) is 5.18. The molecule has 1 heterocycles. The standard InChI is InChI=1S/C10H15BrN2OS/c1-8(2)13(5-3-4-11)10(14)9-6-12-7-15-9/h6-8H,3-5H2,1-2H3. The van der Waals surface area contributed by atoms with E-state index in [2.05, 4.69) is 20.9 Å². The summed E-state index contributed by atoms with van der Waals surface area (Å²) >= 11 is 4.77. The number of amides is 1. The highest BCUT2D eigenvalue weighted by Gasteiger charge is 2.19. The van der Waals surface area contributed by atoms with Gasteiger partial charge in [-0.05, 0) is 20.3 Å². The average molecular weight is 291 g/mol. The first-order chi connectivity index (χ1) is 7.16. The molecule has 0 saturated carbocycles. The first kappa shape index (κ1) is 12.6. The fraction of sp³-hybridized carbons (Fsp3) is 0.600. The van der Waals surface area contributed by atoms with Gasteiger partial charge in [0.05, 0.1) is 11.7 Å². The molecule has 3 nitrogen and oxygen atoms in total.